The standard InChI is InChI=1S/C12H16BrNO3/c1-2-10(14-6-5-12(16)17)9-7-8(13)3-4-11(9)15/h3-4,7,10,14-15H,2,5-6H2,1H3,(H,16,17). The molecular weight excluding hydrogens is 286 g/mol. The van der Waals surface area contributed by atoms with E-state index in [0.29, 0.717) is 6.54 Å². The highest BCUT2D eigenvalue weighted by Gasteiger charge is 2.13. The number of hydrogen-bond donors (Lipinski definition) is 3. The van der Waals surface area contributed by atoms with Gasteiger partial charge < -0.3 is 15.5 Å². The molecule has 0 spiro atoms. The second kappa shape index (κ2) is 6.61. The lowest BCUT2D eigenvalue weighted by Crippen LogP contribution is -2.23. The lowest BCUT2D eigenvalue weighted by atomic mass is 10.0. The number of hydrogen-bond acceptors (Lipinski definition) is 3. The van der Waals surface area contributed by atoms with Gasteiger partial charge in [0.1, 0.15) is 5.75 Å². The fourth-order valence-corrected chi connectivity index (χ4v) is 2.01. The number of aliphatic carboxylic acids is 1. The predicted molar refractivity (Wildman–Crippen MR) is 69.1 cm³/mol. The van der Waals surface area contributed by atoms with Crippen molar-refractivity contribution in [3.05, 3.63) is 28.2 Å². The Kier molecular flexibility index (Phi) is 5.44. The molecule has 0 bridgehead atoms. The fourth-order valence-electron chi connectivity index (χ4n) is 1.63. The smallest absolute Gasteiger partial charge is 0.304 e. The molecule has 0 fully saturated rings. The van der Waals surface area contributed by atoms with E-state index in [4.69, 9.17) is 5.11 Å². The Morgan fingerprint density at radius 3 is 2.82 bits per heavy atom. The molecule has 0 aliphatic carbocycles. The van der Waals surface area contributed by atoms with E-state index in [1.165, 1.54) is 0 Å². The van der Waals surface area contributed by atoms with Gasteiger partial charge >= 0.3 is 5.97 Å². The van der Waals surface area contributed by atoms with Crippen LogP contribution in [0.4, 0.5) is 0 Å². The zero-order valence-electron chi connectivity index (χ0n) is 9.61. The van der Waals surface area contributed by atoms with Crippen molar-refractivity contribution in [3.63, 3.8) is 0 Å². The van der Waals surface area contributed by atoms with Gasteiger partial charge in [0.2, 0.25) is 0 Å². The van der Waals surface area contributed by atoms with Gasteiger partial charge in [-0.1, -0.05) is 22.9 Å². The zero-order valence-corrected chi connectivity index (χ0v) is 11.2. The molecular formula is C12H16BrNO3. The van der Waals surface area contributed by atoms with E-state index in [2.05, 4.69) is 21.2 Å². The van der Waals surface area contributed by atoms with Crippen LogP contribution in [0.15, 0.2) is 22.7 Å². The van der Waals surface area contributed by atoms with Gasteiger partial charge in [0.15, 0.2) is 0 Å². The Balaban J connectivity index is 2.72. The van der Waals surface area contributed by atoms with E-state index in [1.54, 1.807) is 12.1 Å². The largest absolute Gasteiger partial charge is 0.508 e. The summed E-state index contributed by atoms with van der Waals surface area (Å²) in [7, 11) is 0. The third-order valence-electron chi connectivity index (χ3n) is 2.50. The number of phenols is 1. The predicted octanol–water partition coefficient (Wildman–Crippen LogP) is 2.67. The molecule has 0 aromatic heterocycles. The third kappa shape index (κ3) is 4.36. The van der Waals surface area contributed by atoms with Crippen molar-refractivity contribution in [2.24, 2.45) is 0 Å². The van der Waals surface area contributed by atoms with E-state index >= 15 is 0 Å². The van der Waals surface area contributed by atoms with E-state index in [9.17, 15) is 9.90 Å². The number of phenolic OH excluding ortho intramolecular Hbond substituents is 1. The number of carboxylic acids is 1. The molecule has 1 aromatic rings. The first-order valence-corrected chi connectivity index (χ1v) is 6.27. The van der Waals surface area contributed by atoms with Crippen LogP contribution in [0.2, 0.25) is 0 Å². The second-order valence-electron chi connectivity index (χ2n) is 3.76. The normalized spacial score (nSPS) is 12.4. The zero-order chi connectivity index (χ0) is 12.8. The van der Waals surface area contributed by atoms with Crippen molar-refractivity contribution in [2.75, 3.05) is 6.54 Å². The molecule has 1 atom stereocenters. The molecule has 1 rings (SSSR count). The average Bonchev–Trinajstić information content (AvgIpc) is 2.28. The summed E-state index contributed by atoms with van der Waals surface area (Å²) in [6.07, 6.45) is 0.856. The van der Waals surface area contributed by atoms with Crippen LogP contribution < -0.4 is 5.32 Å². The van der Waals surface area contributed by atoms with Crippen molar-refractivity contribution in [3.8, 4) is 5.75 Å². The first kappa shape index (κ1) is 14.0. The number of nitrogens with one attached hydrogen (secondary N) is 1. The molecule has 0 aliphatic heterocycles. The highest BCUT2D eigenvalue weighted by molar-refractivity contribution is 9.10. The highest BCUT2D eigenvalue weighted by Crippen LogP contribution is 2.29. The molecule has 3 N–H and O–H groups in total. The van der Waals surface area contributed by atoms with Crippen molar-refractivity contribution in [1.29, 1.82) is 0 Å². The molecule has 0 amide bonds. The lowest BCUT2D eigenvalue weighted by molar-refractivity contribution is -0.136. The number of aromatic hydroxyl groups is 1. The molecule has 0 aliphatic rings. The number of carbonyl (C=O) groups is 1. The Hall–Kier alpha value is -1.07. The summed E-state index contributed by atoms with van der Waals surface area (Å²) < 4.78 is 0.892. The van der Waals surface area contributed by atoms with E-state index in [0.717, 1.165) is 16.5 Å². The van der Waals surface area contributed by atoms with Gasteiger partial charge in [-0.25, -0.2) is 0 Å². The van der Waals surface area contributed by atoms with Crippen LogP contribution in [0.5, 0.6) is 5.75 Å². The van der Waals surface area contributed by atoms with Crippen molar-refractivity contribution in [2.45, 2.75) is 25.8 Å². The molecule has 0 radical (unpaired) electrons. The molecule has 1 unspecified atom stereocenters. The molecule has 94 valence electrons. The summed E-state index contributed by atoms with van der Waals surface area (Å²) in [6.45, 7) is 2.37. The maximum absolute atomic E-state index is 10.4. The van der Waals surface area contributed by atoms with Crippen LogP contribution in [0.1, 0.15) is 31.4 Å². The molecule has 5 heteroatoms. The number of benzene rings is 1. The van der Waals surface area contributed by atoms with E-state index in [1.807, 2.05) is 13.0 Å². The summed E-state index contributed by atoms with van der Waals surface area (Å²) in [5, 5.41) is 21.5. The lowest BCUT2D eigenvalue weighted by Gasteiger charge is -2.18. The van der Waals surface area contributed by atoms with Crippen LogP contribution in [0.25, 0.3) is 0 Å². The summed E-state index contributed by atoms with van der Waals surface area (Å²) >= 11 is 3.35. The van der Waals surface area contributed by atoms with Crippen molar-refractivity contribution < 1.29 is 15.0 Å². The Morgan fingerprint density at radius 2 is 2.24 bits per heavy atom. The maximum atomic E-state index is 10.4. The van der Waals surface area contributed by atoms with Gasteiger partial charge in [0.25, 0.3) is 0 Å². The minimum atomic E-state index is -0.828. The maximum Gasteiger partial charge on any atom is 0.304 e. The van der Waals surface area contributed by atoms with Crippen molar-refractivity contribution in [1.82, 2.24) is 5.32 Å². The van der Waals surface area contributed by atoms with Crippen LogP contribution in [0.3, 0.4) is 0 Å². The van der Waals surface area contributed by atoms with Crippen LogP contribution in [-0.4, -0.2) is 22.7 Å². The van der Waals surface area contributed by atoms with Crippen LogP contribution in [0, 0.1) is 0 Å². The number of carboxylic acid groups (broad SMARTS) is 1. The topological polar surface area (TPSA) is 69.6 Å². The third-order valence-corrected chi connectivity index (χ3v) is 3.00. The average molecular weight is 302 g/mol. The summed E-state index contributed by atoms with van der Waals surface area (Å²) in [5.74, 6) is -0.603. The number of rotatable bonds is 6. The van der Waals surface area contributed by atoms with Crippen molar-refractivity contribution >= 4 is 21.9 Å². The highest BCUT2D eigenvalue weighted by atomic mass is 79.9. The van der Waals surface area contributed by atoms with Gasteiger partial charge in [-0.15, -0.1) is 0 Å². The molecule has 17 heavy (non-hydrogen) atoms. The van der Waals surface area contributed by atoms with E-state index in [-0.39, 0.29) is 18.2 Å². The summed E-state index contributed by atoms with van der Waals surface area (Å²) in [6, 6.07) is 5.20. The Labute approximate surface area is 109 Å². The van der Waals surface area contributed by atoms with Gasteiger partial charge in [0, 0.05) is 22.6 Å². The molecule has 0 saturated carbocycles. The fraction of sp³-hybridized carbons (Fsp3) is 0.417. The minimum absolute atomic E-state index is 0.0353. The SMILES string of the molecule is CCC(NCCC(=O)O)c1cc(Br)ccc1O. The molecule has 1 aromatic carbocycles. The summed E-state index contributed by atoms with van der Waals surface area (Å²) in [4.78, 5) is 10.4. The van der Waals surface area contributed by atoms with Crippen LogP contribution >= 0.6 is 15.9 Å². The quantitative estimate of drug-likeness (QED) is 0.755. The summed E-state index contributed by atoms with van der Waals surface area (Å²) in [5.41, 5.74) is 0.785. The molecule has 0 heterocycles. The Bertz CT molecular complexity index is 395. The second-order valence-corrected chi connectivity index (χ2v) is 4.68. The molecule has 0 saturated heterocycles. The van der Waals surface area contributed by atoms with Gasteiger partial charge in [0.05, 0.1) is 6.42 Å². The minimum Gasteiger partial charge on any atom is -0.508 e. The Morgan fingerprint density at radius 1 is 1.53 bits per heavy atom. The monoisotopic (exact) mass is 301 g/mol. The number of halogens is 1. The molecule has 4 nitrogen and oxygen atoms in total. The van der Waals surface area contributed by atoms with Crippen LogP contribution in [-0.2, 0) is 4.79 Å². The van der Waals surface area contributed by atoms with Gasteiger partial charge in [-0.2, -0.15) is 0 Å². The van der Waals surface area contributed by atoms with Gasteiger partial charge in [-0.3, -0.25) is 4.79 Å². The first-order chi connectivity index (χ1) is 8.04. The van der Waals surface area contributed by atoms with Gasteiger partial charge in [-0.05, 0) is 24.6 Å². The first-order valence-electron chi connectivity index (χ1n) is 5.48. The van der Waals surface area contributed by atoms with E-state index < -0.39 is 5.97 Å².